The summed E-state index contributed by atoms with van der Waals surface area (Å²) in [6.45, 7) is 1.10. The Morgan fingerprint density at radius 3 is 2.00 bits per heavy atom. The van der Waals surface area contributed by atoms with Crippen molar-refractivity contribution in [2.75, 3.05) is 0 Å². The van der Waals surface area contributed by atoms with Gasteiger partial charge in [0.2, 0.25) is 5.91 Å². The second kappa shape index (κ2) is 5.05. The fourth-order valence-electron chi connectivity index (χ4n) is 0.136. The van der Waals surface area contributed by atoms with E-state index in [1.165, 1.54) is 4.83 Å². The molecular weight excluding hydrogens is 171 g/mol. The molecule has 0 aliphatic carbocycles. The summed E-state index contributed by atoms with van der Waals surface area (Å²) in [6, 6.07) is 0. The summed E-state index contributed by atoms with van der Waals surface area (Å²) < 4.78 is 27.4. The molecule has 0 spiro atoms. The van der Waals surface area contributed by atoms with Gasteiger partial charge in [-0.05, 0) is 0 Å². The third-order valence-electron chi connectivity index (χ3n) is 0.356. The van der Waals surface area contributed by atoms with Crippen molar-refractivity contribution in [1.29, 1.82) is 0 Å². The predicted octanol–water partition coefficient (Wildman–Crippen LogP) is -2.22. The molecule has 10 heavy (non-hydrogen) atoms. The van der Waals surface area contributed by atoms with E-state index < -0.39 is 16.2 Å². The van der Waals surface area contributed by atoms with Crippen molar-refractivity contribution in [3.8, 4) is 0 Å². The number of carbonyl (C=O) groups excluding carboxylic acids is 1. The molecule has 6 nitrogen and oxygen atoms in total. The summed E-state index contributed by atoms with van der Waals surface area (Å²) in [6.07, 6.45) is 0. The van der Waals surface area contributed by atoms with E-state index in [0.717, 1.165) is 6.92 Å². The molecule has 0 radical (unpaired) electrons. The number of hydrazine groups is 1. The normalized spacial score (nSPS) is 9.80. The Kier molecular flexibility index (Phi) is 6.55. The molecule has 0 aliphatic rings. The van der Waals surface area contributed by atoms with Crippen LogP contribution in [0.3, 0.4) is 0 Å². The van der Waals surface area contributed by atoms with Gasteiger partial charge in [-0.3, -0.25) is 14.8 Å². The van der Waals surface area contributed by atoms with Gasteiger partial charge in [-0.2, -0.15) is 8.42 Å². The molecule has 8 heteroatoms. The molecule has 0 fully saturated rings. The van der Waals surface area contributed by atoms with Crippen LogP contribution < -0.4 is 10.3 Å². The number of nitrogens with one attached hydrogen (secondary N) is 2. The van der Waals surface area contributed by atoms with Gasteiger partial charge in [0, 0.05) is 6.92 Å². The van der Waals surface area contributed by atoms with Crippen LogP contribution in [0.4, 0.5) is 0 Å². The second-order valence-electron chi connectivity index (χ2n) is 1.26. The first-order valence-corrected chi connectivity index (χ1v) is 3.36. The zero-order valence-corrected chi connectivity index (χ0v) is 5.40. The molecular formula is C2H7N2NaO4S. The van der Waals surface area contributed by atoms with Crippen LogP contribution in [0.5, 0.6) is 0 Å². The Morgan fingerprint density at radius 2 is 1.90 bits per heavy atom. The summed E-state index contributed by atoms with van der Waals surface area (Å²) in [7, 11) is -4.30. The topological polar surface area (TPSA) is 95.5 Å². The van der Waals surface area contributed by atoms with Gasteiger partial charge in [-0.15, -0.1) is 4.83 Å². The standard InChI is InChI=1S/C2H6N2O4S.Na.H/c1-2(5)3-4-9(6,7)8;;/h4H,1H3,(H,3,5)(H,6,7,8);;. The molecule has 1 amide bonds. The Labute approximate surface area is 80.5 Å². The molecule has 0 saturated heterocycles. The van der Waals surface area contributed by atoms with Crippen molar-refractivity contribution in [2.24, 2.45) is 0 Å². The van der Waals surface area contributed by atoms with Crippen LogP contribution in [-0.4, -0.2) is 48.4 Å². The molecule has 0 atom stereocenters. The maximum absolute atomic E-state index is 9.94. The SMILES string of the molecule is CC(=O)NNS(=O)(=O)O.[NaH]. The summed E-state index contributed by atoms with van der Waals surface area (Å²) in [4.78, 5) is 11.3. The van der Waals surface area contributed by atoms with E-state index in [1.807, 2.05) is 0 Å². The summed E-state index contributed by atoms with van der Waals surface area (Å²) in [5.41, 5.74) is 1.66. The van der Waals surface area contributed by atoms with Crippen molar-refractivity contribution in [2.45, 2.75) is 6.92 Å². The maximum atomic E-state index is 9.94. The van der Waals surface area contributed by atoms with Gasteiger partial charge in [0.25, 0.3) is 0 Å². The minimum atomic E-state index is -4.30. The van der Waals surface area contributed by atoms with Crippen molar-refractivity contribution in [1.82, 2.24) is 10.3 Å². The average Bonchev–Trinajstić information content (AvgIpc) is 1.59. The molecule has 3 N–H and O–H groups in total. The number of rotatable bonds is 2. The van der Waals surface area contributed by atoms with Crippen molar-refractivity contribution in [3.05, 3.63) is 0 Å². The van der Waals surface area contributed by atoms with Crippen molar-refractivity contribution in [3.63, 3.8) is 0 Å². The molecule has 0 bridgehead atoms. The molecule has 0 saturated carbocycles. The van der Waals surface area contributed by atoms with E-state index in [1.54, 1.807) is 5.43 Å². The van der Waals surface area contributed by atoms with Crippen LogP contribution in [0, 0.1) is 0 Å². The van der Waals surface area contributed by atoms with Crippen LogP contribution in [0.2, 0.25) is 0 Å². The van der Waals surface area contributed by atoms with E-state index in [0.29, 0.717) is 0 Å². The van der Waals surface area contributed by atoms with Gasteiger partial charge in [-0.25, -0.2) is 0 Å². The molecule has 0 heterocycles. The minimum absolute atomic E-state index is 0. The van der Waals surface area contributed by atoms with Crippen LogP contribution >= 0.6 is 0 Å². The van der Waals surface area contributed by atoms with Crippen molar-refractivity contribution < 1.29 is 17.8 Å². The van der Waals surface area contributed by atoms with Gasteiger partial charge in [0.15, 0.2) is 0 Å². The number of hydrogen-bond donors (Lipinski definition) is 3. The van der Waals surface area contributed by atoms with E-state index in [2.05, 4.69) is 0 Å². The number of amides is 1. The fraction of sp³-hybridized carbons (Fsp3) is 0.500. The molecule has 56 valence electrons. The van der Waals surface area contributed by atoms with E-state index in [4.69, 9.17) is 4.55 Å². The molecule has 0 aliphatic heterocycles. The zero-order chi connectivity index (χ0) is 7.49. The van der Waals surface area contributed by atoms with Crippen molar-refractivity contribution >= 4 is 45.8 Å². The Balaban J connectivity index is 0. The monoisotopic (exact) mass is 178 g/mol. The number of carbonyl (C=O) groups is 1. The van der Waals surface area contributed by atoms with E-state index >= 15 is 0 Å². The van der Waals surface area contributed by atoms with Crippen LogP contribution in [0.1, 0.15) is 6.92 Å². The summed E-state index contributed by atoms with van der Waals surface area (Å²) in [5, 5.41) is 0. The molecule has 0 aromatic carbocycles. The Morgan fingerprint density at radius 1 is 1.50 bits per heavy atom. The molecule has 0 aromatic rings. The fourth-order valence-corrected chi connectivity index (χ4v) is 0.409. The quantitative estimate of drug-likeness (QED) is 0.253. The van der Waals surface area contributed by atoms with Gasteiger partial charge >= 0.3 is 39.9 Å². The Bertz CT molecular complexity index is 199. The van der Waals surface area contributed by atoms with E-state index in [9.17, 15) is 13.2 Å². The molecule has 0 unspecified atom stereocenters. The van der Waals surface area contributed by atoms with Gasteiger partial charge in [-0.1, -0.05) is 0 Å². The predicted molar refractivity (Wildman–Crippen MR) is 35.6 cm³/mol. The van der Waals surface area contributed by atoms with Gasteiger partial charge in [0.05, 0.1) is 0 Å². The molecule has 0 aromatic heterocycles. The van der Waals surface area contributed by atoms with Crippen LogP contribution in [-0.2, 0) is 15.1 Å². The van der Waals surface area contributed by atoms with Crippen LogP contribution in [0.15, 0.2) is 0 Å². The average molecular weight is 178 g/mol. The van der Waals surface area contributed by atoms with E-state index in [-0.39, 0.29) is 29.6 Å². The zero-order valence-electron chi connectivity index (χ0n) is 4.58. The summed E-state index contributed by atoms with van der Waals surface area (Å²) >= 11 is 0. The number of hydrogen-bond acceptors (Lipinski definition) is 3. The second-order valence-corrected chi connectivity index (χ2v) is 2.41. The van der Waals surface area contributed by atoms with Gasteiger partial charge in [0.1, 0.15) is 0 Å². The first kappa shape index (κ1) is 13.0. The van der Waals surface area contributed by atoms with Crippen LogP contribution in [0.25, 0.3) is 0 Å². The third-order valence-corrected chi connectivity index (χ3v) is 0.716. The van der Waals surface area contributed by atoms with Gasteiger partial charge < -0.3 is 0 Å². The third kappa shape index (κ3) is 11.2. The Hall–Kier alpha value is 0.340. The molecule has 0 rings (SSSR count). The first-order chi connectivity index (χ1) is 3.92. The first-order valence-electron chi connectivity index (χ1n) is 1.92. The summed E-state index contributed by atoms with van der Waals surface area (Å²) in [5.74, 6) is -0.604.